The van der Waals surface area contributed by atoms with Gasteiger partial charge in [-0.3, -0.25) is 9.69 Å². The van der Waals surface area contributed by atoms with E-state index in [-0.39, 0.29) is 5.91 Å². The molecule has 3 heterocycles. The van der Waals surface area contributed by atoms with E-state index in [1.807, 2.05) is 53.4 Å². The number of nitrogens with one attached hydrogen (secondary N) is 1. The molecular weight excluding hydrogens is 402 g/mol. The molecule has 1 amide bonds. The zero-order valence-corrected chi connectivity index (χ0v) is 17.0. The van der Waals surface area contributed by atoms with Gasteiger partial charge in [-0.15, -0.1) is 10.2 Å². The Bertz CT molecular complexity index is 1160. The average molecular weight is 422 g/mol. The number of amides is 1. The Morgan fingerprint density at radius 1 is 1.03 bits per heavy atom. The predicted molar refractivity (Wildman–Crippen MR) is 114 cm³/mol. The van der Waals surface area contributed by atoms with Crippen molar-refractivity contribution in [3.05, 3.63) is 71.2 Å². The zero-order valence-electron chi connectivity index (χ0n) is 16.2. The second-order valence-electron chi connectivity index (χ2n) is 7.32. The molecule has 0 aliphatic carbocycles. The third kappa shape index (κ3) is 3.69. The van der Waals surface area contributed by atoms with Crippen LogP contribution in [0.15, 0.2) is 59.0 Å². The number of para-hydroxylation sites is 1. The molecule has 1 aliphatic rings. The largest absolute Gasteiger partial charge is 0.419 e. The number of aromatic amines is 1. The number of hydrogen-bond acceptors (Lipinski definition) is 5. The molecule has 1 aliphatic heterocycles. The van der Waals surface area contributed by atoms with Crippen LogP contribution < -0.4 is 0 Å². The smallest absolute Gasteiger partial charge is 0.270 e. The molecule has 0 spiro atoms. The Morgan fingerprint density at radius 2 is 1.80 bits per heavy atom. The van der Waals surface area contributed by atoms with Crippen LogP contribution in [0.2, 0.25) is 5.02 Å². The zero-order chi connectivity index (χ0) is 20.5. The molecule has 0 bridgehead atoms. The lowest BCUT2D eigenvalue weighted by atomic mass is 10.2. The fraction of sp³-hybridized carbons (Fsp3) is 0.227. The number of fused-ring (bicyclic) bond motifs is 1. The molecule has 152 valence electrons. The SMILES string of the molecule is O=C(c1cc2ccccc2[nH]1)N1CCN(Cc2nnc(-c3ccccc3Cl)o2)CC1. The summed E-state index contributed by atoms with van der Waals surface area (Å²) in [6.07, 6.45) is 0. The topological polar surface area (TPSA) is 78.3 Å². The third-order valence-electron chi connectivity index (χ3n) is 5.35. The van der Waals surface area contributed by atoms with Gasteiger partial charge in [0.05, 0.1) is 17.1 Å². The molecule has 0 atom stereocenters. The summed E-state index contributed by atoms with van der Waals surface area (Å²) in [5.41, 5.74) is 2.34. The van der Waals surface area contributed by atoms with Crippen LogP contribution in [0.1, 0.15) is 16.4 Å². The van der Waals surface area contributed by atoms with E-state index >= 15 is 0 Å². The Balaban J connectivity index is 1.20. The second-order valence-corrected chi connectivity index (χ2v) is 7.73. The van der Waals surface area contributed by atoms with Crippen LogP contribution in [0.25, 0.3) is 22.4 Å². The molecule has 7 nitrogen and oxygen atoms in total. The van der Waals surface area contributed by atoms with Crippen LogP contribution in [-0.4, -0.2) is 57.1 Å². The summed E-state index contributed by atoms with van der Waals surface area (Å²) in [4.78, 5) is 20.2. The van der Waals surface area contributed by atoms with Crippen LogP contribution in [0.5, 0.6) is 0 Å². The molecule has 5 rings (SSSR count). The first kappa shape index (κ1) is 18.8. The molecule has 30 heavy (non-hydrogen) atoms. The summed E-state index contributed by atoms with van der Waals surface area (Å²) in [7, 11) is 0. The number of nitrogens with zero attached hydrogens (tertiary/aromatic N) is 4. The van der Waals surface area contributed by atoms with Crippen molar-refractivity contribution in [1.82, 2.24) is 25.0 Å². The van der Waals surface area contributed by atoms with Crippen LogP contribution in [0, 0.1) is 0 Å². The lowest BCUT2D eigenvalue weighted by Gasteiger charge is -2.33. The highest BCUT2D eigenvalue weighted by Gasteiger charge is 2.24. The van der Waals surface area contributed by atoms with Crippen molar-refractivity contribution in [3.8, 4) is 11.5 Å². The van der Waals surface area contributed by atoms with Gasteiger partial charge in [-0.25, -0.2) is 0 Å². The summed E-state index contributed by atoms with van der Waals surface area (Å²) in [5, 5.41) is 9.90. The molecule has 0 radical (unpaired) electrons. The maximum absolute atomic E-state index is 12.8. The predicted octanol–water partition coefficient (Wildman–Crippen LogP) is 3.83. The number of benzene rings is 2. The Hall–Kier alpha value is -3.16. The lowest BCUT2D eigenvalue weighted by molar-refractivity contribution is 0.0613. The monoisotopic (exact) mass is 421 g/mol. The standard InChI is InChI=1S/C22H20ClN5O2/c23-17-7-3-2-6-16(17)21-26-25-20(30-21)14-27-9-11-28(12-10-27)22(29)19-13-15-5-1-4-8-18(15)24-19/h1-8,13,24H,9-12,14H2. The van der Waals surface area contributed by atoms with E-state index < -0.39 is 0 Å². The highest BCUT2D eigenvalue weighted by Crippen LogP contribution is 2.26. The van der Waals surface area contributed by atoms with Gasteiger partial charge in [0.2, 0.25) is 11.8 Å². The second kappa shape index (κ2) is 7.93. The first-order chi connectivity index (χ1) is 14.7. The van der Waals surface area contributed by atoms with E-state index in [1.165, 1.54) is 0 Å². The first-order valence-corrected chi connectivity index (χ1v) is 10.2. The molecular formula is C22H20ClN5O2. The first-order valence-electron chi connectivity index (χ1n) is 9.84. The van der Waals surface area contributed by atoms with Gasteiger partial charge in [-0.05, 0) is 24.3 Å². The normalized spacial score (nSPS) is 15.0. The Labute approximate surface area is 178 Å². The Kier molecular flexibility index (Phi) is 4.98. The number of carbonyl (C=O) groups is 1. The van der Waals surface area contributed by atoms with Gasteiger partial charge in [0.15, 0.2) is 0 Å². The summed E-state index contributed by atoms with van der Waals surface area (Å²) < 4.78 is 5.80. The molecule has 4 aromatic rings. The van der Waals surface area contributed by atoms with Gasteiger partial charge in [-0.2, -0.15) is 0 Å². The van der Waals surface area contributed by atoms with Crippen LogP contribution >= 0.6 is 11.6 Å². The number of carbonyl (C=O) groups excluding carboxylic acids is 1. The average Bonchev–Trinajstić information content (AvgIpc) is 3.41. The van der Waals surface area contributed by atoms with E-state index in [1.54, 1.807) is 6.07 Å². The number of halogens is 1. The quantitative estimate of drug-likeness (QED) is 0.541. The fourth-order valence-corrected chi connectivity index (χ4v) is 3.94. The highest BCUT2D eigenvalue weighted by molar-refractivity contribution is 6.33. The molecule has 2 aromatic heterocycles. The molecule has 1 fully saturated rings. The van der Waals surface area contributed by atoms with Gasteiger partial charge in [0, 0.05) is 37.1 Å². The maximum atomic E-state index is 12.8. The van der Waals surface area contributed by atoms with Crippen molar-refractivity contribution in [2.45, 2.75) is 6.54 Å². The van der Waals surface area contributed by atoms with Gasteiger partial charge in [0.1, 0.15) is 5.69 Å². The number of rotatable bonds is 4. The van der Waals surface area contributed by atoms with Gasteiger partial charge in [-0.1, -0.05) is 41.9 Å². The summed E-state index contributed by atoms with van der Waals surface area (Å²) >= 11 is 6.20. The van der Waals surface area contributed by atoms with Crippen molar-refractivity contribution in [2.24, 2.45) is 0 Å². The number of piperazine rings is 1. The van der Waals surface area contributed by atoms with Crippen molar-refractivity contribution < 1.29 is 9.21 Å². The number of aromatic nitrogens is 3. The third-order valence-corrected chi connectivity index (χ3v) is 5.68. The van der Waals surface area contributed by atoms with E-state index in [2.05, 4.69) is 20.1 Å². The molecule has 1 saturated heterocycles. The van der Waals surface area contributed by atoms with E-state index in [9.17, 15) is 4.79 Å². The van der Waals surface area contributed by atoms with Gasteiger partial charge < -0.3 is 14.3 Å². The minimum atomic E-state index is 0.0321. The summed E-state index contributed by atoms with van der Waals surface area (Å²) in [6, 6.07) is 17.2. The molecule has 2 aromatic carbocycles. The number of hydrogen-bond donors (Lipinski definition) is 1. The molecule has 0 saturated carbocycles. The molecule has 1 N–H and O–H groups in total. The van der Waals surface area contributed by atoms with Gasteiger partial charge in [0.25, 0.3) is 5.91 Å². The maximum Gasteiger partial charge on any atom is 0.270 e. The van der Waals surface area contributed by atoms with Crippen LogP contribution in [-0.2, 0) is 6.54 Å². The van der Waals surface area contributed by atoms with Crippen molar-refractivity contribution in [3.63, 3.8) is 0 Å². The van der Waals surface area contributed by atoms with Crippen molar-refractivity contribution >= 4 is 28.4 Å². The fourth-order valence-electron chi connectivity index (χ4n) is 3.72. The molecule has 8 heteroatoms. The minimum absolute atomic E-state index is 0.0321. The van der Waals surface area contributed by atoms with E-state index in [4.69, 9.17) is 16.0 Å². The summed E-state index contributed by atoms with van der Waals surface area (Å²) in [6.45, 7) is 3.34. The Morgan fingerprint density at radius 3 is 2.60 bits per heavy atom. The number of H-pyrrole nitrogens is 1. The van der Waals surface area contributed by atoms with Gasteiger partial charge >= 0.3 is 0 Å². The molecule has 0 unspecified atom stereocenters. The minimum Gasteiger partial charge on any atom is -0.419 e. The van der Waals surface area contributed by atoms with Crippen molar-refractivity contribution in [2.75, 3.05) is 26.2 Å². The van der Waals surface area contributed by atoms with Crippen molar-refractivity contribution in [1.29, 1.82) is 0 Å². The van der Waals surface area contributed by atoms with E-state index in [0.29, 0.717) is 42.1 Å². The van der Waals surface area contributed by atoms with Crippen LogP contribution in [0.4, 0.5) is 0 Å². The summed E-state index contributed by atoms with van der Waals surface area (Å²) in [5.74, 6) is 0.994. The van der Waals surface area contributed by atoms with Crippen LogP contribution in [0.3, 0.4) is 0 Å². The van der Waals surface area contributed by atoms with E-state index in [0.717, 1.165) is 29.6 Å². The lowest BCUT2D eigenvalue weighted by Crippen LogP contribution is -2.48. The highest BCUT2D eigenvalue weighted by atomic mass is 35.5.